The van der Waals surface area contributed by atoms with Crippen LogP contribution in [0.25, 0.3) is 0 Å². The van der Waals surface area contributed by atoms with Gasteiger partial charge in [-0.25, -0.2) is 0 Å². The van der Waals surface area contributed by atoms with Crippen LogP contribution in [-0.4, -0.2) is 12.0 Å². The minimum Gasteiger partial charge on any atom is -0.454 e. The summed E-state index contributed by atoms with van der Waals surface area (Å²) in [5.41, 5.74) is 0.944. The van der Waals surface area contributed by atoms with E-state index in [1.54, 1.807) is 18.3 Å². The molecule has 0 spiro atoms. The fourth-order valence-electron chi connectivity index (χ4n) is 1.57. The zero-order chi connectivity index (χ0) is 14.7. The maximum absolute atomic E-state index is 6.11. The molecule has 0 aliphatic heterocycles. The van der Waals surface area contributed by atoms with Crippen LogP contribution in [0.5, 0.6) is 11.5 Å². The Labute approximate surface area is 136 Å². The summed E-state index contributed by atoms with van der Waals surface area (Å²) in [6.07, 6.45) is 1.66. The summed E-state index contributed by atoms with van der Waals surface area (Å²) >= 11 is 15.4. The smallest absolute Gasteiger partial charge is 0.147 e. The summed E-state index contributed by atoms with van der Waals surface area (Å²) in [6.45, 7) is 2.04. The minimum atomic E-state index is 0.190. The first-order valence-corrected chi connectivity index (χ1v) is 7.51. The van der Waals surface area contributed by atoms with Crippen molar-refractivity contribution in [2.75, 3.05) is 7.05 Å². The third-order valence-electron chi connectivity index (χ3n) is 2.84. The van der Waals surface area contributed by atoms with Gasteiger partial charge < -0.3 is 10.1 Å². The summed E-state index contributed by atoms with van der Waals surface area (Å²) in [7, 11) is 1.89. The van der Waals surface area contributed by atoms with E-state index in [4.69, 9.17) is 27.9 Å². The van der Waals surface area contributed by atoms with Crippen molar-refractivity contribution in [3.63, 3.8) is 0 Å². The third kappa shape index (κ3) is 3.64. The van der Waals surface area contributed by atoms with Gasteiger partial charge in [-0.3, -0.25) is 4.98 Å². The van der Waals surface area contributed by atoms with E-state index in [0.29, 0.717) is 21.5 Å². The average Bonchev–Trinajstić information content (AvgIpc) is 2.44. The lowest BCUT2D eigenvalue weighted by Crippen LogP contribution is -2.13. The van der Waals surface area contributed by atoms with Crippen molar-refractivity contribution in [2.45, 2.75) is 13.0 Å². The minimum absolute atomic E-state index is 0.190. The lowest BCUT2D eigenvalue weighted by Gasteiger charge is -2.11. The van der Waals surface area contributed by atoms with Gasteiger partial charge in [0.25, 0.3) is 0 Å². The molecule has 0 saturated heterocycles. The summed E-state index contributed by atoms with van der Waals surface area (Å²) in [5.74, 6) is 1.11. The summed E-state index contributed by atoms with van der Waals surface area (Å²) in [4.78, 5) is 4.34. The molecule has 6 heteroatoms. The first-order chi connectivity index (χ1) is 9.51. The van der Waals surface area contributed by atoms with Crippen molar-refractivity contribution in [3.8, 4) is 11.5 Å². The van der Waals surface area contributed by atoms with E-state index < -0.39 is 0 Å². The van der Waals surface area contributed by atoms with E-state index in [1.165, 1.54) is 0 Å². The normalized spacial score (nSPS) is 12.2. The van der Waals surface area contributed by atoms with Crippen molar-refractivity contribution in [2.24, 2.45) is 0 Å². The number of nitrogens with one attached hydrogen (secondary N) is 1. The van der Waals surface area contributed by atoms with Crippen LogP contribution >= 0.6 is 39.1 Å². The van der Waals surface area contributed by atoms with Crippen LogP contribution in [0.3, 0.4) is 0 Å². The molecule has 0 radical (unpaired) electrons. The largest absolute Gasteiger partial charge is 0.454 e. The quantitative estimate of drug-likeness (QED) is 0.743. The average molecular weight is 376 g/mol. The lowest BCUT2D eigenvalue weighted by molar-refractivity contribution is 0.479. The number of pyridine rings is 1. The lowest BCUT2D eigenvalue weighted by atomic mass is 10.2. The van der Waals surface area contributed by atoms with E-state index in [-0.39, 0.29) is 6.04 Å². The van der Waals surface area contributed by atoms with Gasteiger partial charge in [0.05, 0.1) is 21.9 Å². The van der Waals surface area contributed by atoms with Crippen LogP contribution in [0.15, 0.2) is 34.9 Å². The van der Waals surface area contributed by atoms with Crippen LogP contribution in [0, 0.1) is 0 Å². The summed E-state index contributed by atoms with van der Waals surface area (Å²) < 4.78 is 6.42. The van der Waals surface area contributed by atoms with Gasteiger partial charge in [0.15, 0.2) is 0 Å². The molecule has 0 fully saturated rings. The SMILES string of the molecule is CNC(C)c1ccc(Oc2cc(Cl)c(Br)cc2Cl)cn1. The molecule has 0 saturated carbocycles. The van der Waals surface area contributed by atoms with Gasteiger partial charge in [-0.15, -0.1) is 0 Å². The van der Waals surface area contributed by atoms with Crippen molar-refractivity contribution in [1.82, 2.24) is 10.3 Å². The number of ether oxygens (including phenoxy) is 1. The third-order valence-corrected chi connectivity index (χ3v) is 4.33. The number of benzene rings is 1. The van der Waals surface area contributed by atoms with Gasteiger partial charge >= 0.3 is 0 Å². The maximum Gasteiger partial charge on any atom is 0.147 e. The number of rotatable bonds is 4. The first-order valence-electron chi connectivity index (χ1n) is 5.97. The monoisotopic (exact) mass is 374 g/mol. The maximum atomic E-state index is 6.11. The summed E-state index contributed by atoms with van der Waals surface area (Å²) in [5, 5.41) is 4.15. The molecule has 2 rings (SSSR count). The molecule has 1 aromatic carbocycles. The number of aromatic nitrogens is 1. The molecule has 106 valence electrons. The van der Waals surface area contributed by atoms with Gasteiger partial charge in [-0.05, 0) is 48.1 Å². The van der Waals surface area contributed by atoms with E-state index in [2.05, 4.69) is 26.2 Å². The van der Waals surface area contributed by atoms with Gasteiger partial charge in [-0.2, -0.15) is 0 Å². The first kappa shape index (κ1) is 15.6. The van der Waals surface area contributed by atoms with Gasteiger partial charge in [0.2, 0.25) is 0 Å². The molecule has 3 nitrogen and oxygen atoms in total. The number of nitrogens with zero attached hydrogens (tertiary/aromatic N) is 1. The van der Waals surface area contributed by atoms with Crippen molar-refractivity contribution < 1.29 is 4.74 Å². The molecule has 20 heavy (non-hydrogen) atoms. The van der Waals surface area contributed by atoms with Crippen LogP contribution in [0.2, 0.25) is 10.0 Å². The Kier molecular flexibility index (Phi) is 5.27. The van der Waals surface area contributed by atoms with Crippen molar-refractivity contribution in [1.29, 1.82) is 0 Å². The Morgan fingerprint density at radius 2 is 2.00 bits per heavy atom. The second kappa shape index (κ2) is 6.76. The fraction of sp³-hybridized carbons (Fsp3) is 0.214. The van der Waals surface area contributed by atoms with E-state index >= 15 is 0 Å². The molecule has 0 aliphatic rings. The Morgan fingerprint density at radius 3 is 2.60 bits per heavy atom. The molecule has 1 atom stereocenters. The predicted molar refractivity (Wildman–Crippen MR) is 85.9 cm³/mol. The van der Waals surface area contributed by atoms with Gasteiger partial charge in [0.1, 0.15) is 11.5 Å². The van der Waals surface area contributed by atoms with E-state index in [1.807, 2.05) is 26.1 Å². The Balaban J connectivity index is 2.20. The second-order valence-electron chi connectivity index (χ2n) is 4.23. The standard InChI is InChI=1S/C14H13BrCl2N2O/c1-8(18-2)13-4-3-9(7-19-13)20-14-6-11(16)10(15)5-12(14)17/h3-8,18H,1-2H3. The highest BCUT2D eigenvalue weighted by atomic mass is 79.9. The Morgan fingerprint density at radius 1 is 1.25 bits per heavy atom. The van der Waals surface area contributed by atoms with Gasteiger partial charge in [0, 0.05) is 16.6 Å². The van der Waals surface area contributed by atoms with Crippen LogP contribution in [-0.2, 0) is 0 Å². The molecular formula is C14H13BrCl2N2O. The Hall–Kier alpha value is -0.810. The molecule has 1 N–H and O–H groups in total. The molecule has 0 bridgehead atoms. The second-order valence-corrected chi connectivity index (χ2v) is 5.90. The van der Waals surface area contributed by atoms with Crippen LogP contribution in [0.4, 0.5) is 0 Å². The molecular weight excluding hydrogens is 363 g/mol. The Bertz CT molecular complexity index is 605. The molecule has 1 aromatic heterocycles. The fourth-order valence-corrected chi connectivity index (χ4v) is 2.40. The highest BCUT2D eigenvalue weighted by molar-refractivity contribution is 9.10. The molecule has 1 unspecified atom stereocenters. The molecule has 2 aromatic rings. The van der Waals surface area contributed by atoms with Crippen LogP contribution in [0.1, 0.15) is 18.7 Å². The predicted octanol–water partition coefficient (Wildman–Crippen LogP) is 5.22. The molecule has 1 heterocycles. The van der Waals surface area contributed by atoms with Gasteiger partial charge in [-0.1, -0.05) is 23.2 Å². The summed E-state index contributed by atoms with van der Waals surface area (Å²) in [6, 6.07) is 7.31. The van der Waals surface area contributed by atoms with Crippen molar-refractivity contribution >= 4 is 39.1 Å². The molecule has 0 amide bonds. The van der Waals surface area contributed by atoms with Crippen LogP contribution < -0.4 is 10.1 Å². The van der Waals surface area contributed by atoms with E-state index in [0.717, 1.165) is 10.2 Å². The molecule has 0 aliphatic carbocycles. The number of hydrogen-bond acceptors (Lipinski definition) is 3. The highest BCUT2D eigenvalue weighted by Gasteiger charge is 2.09. The number of halogens is 3. The number of hydrogen-bond donors (Lipinski definition) is 1. The van der Waals surface area contributed by atoms with Crippen molar-refractivity contribution in [3.05, 3.63) is 50.7 Å². The zero-order valence-electron chi connectivity index (χ0n) is 11.0. The van der Waals surface area contributed by atoms with E-state index in [9.17, 15) is 0 Å². The highest BCUT2D eigenvalue weighted by Crippen LogP contribution is 2.36. The zero-order valence-corrected chi connectivity index (χ0v) is 14.1. The topological polar surface area (TPSA) is 34.1 Å².